The number of carbonyl (C=O) groups excluding carboxylic acids is 2. The molecule has 0 saturated heterocycles. The third-order valence-electron chi connectivity index (χ3n) is 1.36. The summed E-state index contributed by atoms with van der Waals surface area (Å²) in [4.78, 5) is 21.6. The molecule has 0 aromatic carbocycles. The highest BCUT2D eigenvalue weighted by molar-refractivity contribution is 6.63. The predicted octanol–water partition coefficient (Wildman–Crippen LogP) is 0.749. The zero-order chi connectivity index (χ0) is 10.3. The van der Waals surface area contributed by atoms with Crippen molar-refractivity contribution in [1.82, 2.24) is 0 Å². The second-order valence-electron chi connectivity index (χ2n) is 2.49. The summed E-state index contributed by atoms with van der Waals surface area (Å²) in [5, 5.41) is 10.8. The second-order valence-corrected chi connectivity index (χ2v) is 2.49. The van der Waals surface area contributed by atoms with Crippen molar-refractivity contribution in [2.45, 2.75) is 26.7 Å². The molecule has 5 heteroatoms. The number of ether oxygens (including phenoxy) is 1. The van der Waals surface area contributed by atoms with Crippen molar-refractivity contribution in [3.8, 4) is 0 Å². The first-order valence-corrected chi connectivity index (χ1v) is 4.03. The first-order chi connectivity index (χ1) is 6.13. The molecule has 0 rings (SSSR count). The van der Waals surface area contributed by atoms with E-state index in [1.165, 1.54) is 0 Å². The largest absolute Gasteiger partial charge is 0.461 e. The van der Waals surface area contributed by atoms with Crippen molar-refractivity contribution >= 4 is 17.5 Å². The van der Waals surface area contributed by atoms with Crippen molar-refractivity contribution in [3.63, 3.8) is 0 Å². The number of hydrogen-bond acceptors (Lipinski definition) is 5. The highest BCUT2D eigenvalue weighted by Gasteiger charge is 2.18. The molecule has 0 atom stereocenters. The molecule has 0 fully saturated rings. The lowest BCUT2D eigenvalue weighted by Gasteiger charge is -2.01. The number of carbonyl (C=O) groups is 2. The van der Waals surface area contributed by atoms with Gasteiger partial charge in [0, 0.05) is 6.92 Å². The number of oxime groups is 1. The van der Waals surface area contributed by atoms with Gasteiger partial charge in [-0.2, -0.15) is 0 Å². The first-order valence-electron chi connectivity index (χ1n) is 4.03. The van der Waals surface area contributed by atoms with Crippen LogP contribution in [0.3, 0.4) is 0 Å². The number of unbranched alkanes of at least 4 members (excludes halogenated alkanes) is 1. The maximum Gasteiger partial charge on any atom is 0.364 e. The summed E-state index contributed by atoms with van der Waals surface area (Å²) in [7, 11) is 0. The van der Waals surface area contributed by atoms with Crippen LogP contribution in [0, 0.1) is 0 Å². The van der Waals surface area contributed by atoms with E-state index in [-0.39, 0.29) is 6.61 Å². The number of ketones is 1. The molecule has 0 amide bonds. The number of nitrogens with zero attached hydrogens (tertiary/aromatic N) is 1. The Hall–Kier alpha value is -1.39. The number of hydrogen-bond donors (Lipinski definition) is 1. The molecule has 5 nitrogen and oxygen atoms in total. The van der Waals surface area contributed by atoms with E-state index >= 15 is 0 Å². The summed E-state index contributed by atoms with van der Waals surface area (Å²) in [6, 6.07) is 0. The summed E-state index contributed by atoms with van der Waals surface area (Å²) in [6.45, 7) is 3.32. The van der Waals surface area contributed by atoms with Crippen molar-refractivity contribution < 1.29 is 19.5 Å². The van der Waals surface area contributed by atoms with Crippen LogP contribution in [0.25, 0.3) is 0 Å². The summed E-state index contributed by atoms with van der Waals surface area (Å²) in [5.41, 5.74) is -0.559. The van der Waals surface area contributed by atoms with Gasteiger partial charge >= 0.3 is 5.97 Å². The molecule has 0 aromatic heterocycles. The molecule has 0 saturated carbocycles. The van der Waals surface area contributed by atoms with Crippen molar-refractivity contribution in [2.75, 3.05) is 6.61 Å². The molecule has 13 heavy (non-hydrogen) atoms. The molecule has 1 N–H and O–H groups in total. The van der Waals surface area contributed by atoms with E-state index in [1.54, 1.807) is 0 Å². The Morgan fingerprint density at radius 1 is 1.46 bits per heavy atom. The molecule has 0 aromatic rings. The van der Waals surface area contributed by atoms with E-state index in [1.807, 2.05) is 6.92 Å². The first kappa shape index (κ1) is 11.6. The van der Waals surface area contributed by atoms with Crippen LogP contribution in [-0.4, -0.2) is 29.3 Å². The maximum atomic E-state index is 11.0. The maximum absolute atomic E-state index is 11.0. The van der Waals surface area contributed by atoms with Gasteiger partial charge in [0.15, 0.2) is 5.78 Å². The van der Waals surface area contributed by atoms with Gasteiger partial charge < -0.3 is 9.94 Å². The van der Waals surface area contributed by atoms with E-state index in [2.05, 4.69) is 9.89 Å². The van der Waals surface area contributed by atoms with E-state index in [0.717, 1.165) is 19.8 Å². The minimum Gasteiger partial charge on any atom is -0.461 e. The Bertz CT molecular complexity index is 222. The Morgan fingerprint density at radius 3 is 2.46 bits per heavy atom. The average Bonchev–Trinajstić information content (AvgIpc) is 2.05. The van der Waals surface area contributed by atoms with Gasteiger partial charge in [0.2, 0.25) is 5.71 Å². The molecule has 0 heterocycles. The summed E-state index contributed by atoms with van der Waals surface area (Å²) in [6.07, 6.45) is 1.61. The Balaban J connectivity index is 4.02. The molecular weight excluding hydrogens is 174 g/mol. The van der Waals surface area contributed by atoms with Crippen LogP contribution in [-0.2, 0) is 14.3 Å². The molecule has 0 radical (unpaired) electrons. The lowest BCUT2D eigenvalue weighted by atomic mass is 10.3. The van der Waals surface area contributed by atoms with Crippen LogP contribution in [0.5, 0.6) is 0 Å². The standard InChI is InChI=1S/C8H13NO4/c1-3-4-5-13-8(11)7(9-12)6(2)10/h12H,3-5H2,1-2H3. The lowest BCUT2D eigenvalue weighted by molar-refractivity contribution is -0.136. The zero-order valence-electron chi connectivity index (χ0n) is 7.74. The fourth-order valence-electron chi connectivity index (χ4n) is 0.633. The summed E-state index contributed by atoms with van der Waals surface area (Å²) >= 11 is 0. The summed E-state index contributed by atoms with van der Waals surface area (Å²) in [5.74, 6) is -1.48. The summed E-state index contributed by atoms with van der Waals surface area (Å²) < 4.78 is 4.65. The van der Waals surface area contributed by atoms with Crippen LogP contribution in [0.4, 0.5) is 0 Å². The third kappa shape index (κ3) is 4.25. The van der Waals surface area contributed by atoms with Crippen LogP contribution in [0.1, 0.15) is 26.7 Å². The van der Waals surface area contributed by atoms with Crippen LogP contribution < -0.4 is 0 Å². The van der Waals surface area contributed by atoms with Gasteiger partial charge in [-0.1, -0.05) is 18.5 Å². The van der Waals surface area contributed by atoms with Crippen molar-refractivity contribution in [3.05, 3.63) is 0 Å². The SMILES string of the molecule is CCCCOC(=O)C(=NO)C(C)=O. The van der Waals surface area contributed by atoms with E-state index in [4.69, 9.17) is 5.21 Å². The zero-order valence-corrected chi connectivity index (χ0v) is 7.74. The van der Waals surface area contributed by atoms with Gasteiger partial charge in [-0.25, -0.2) is 4.79 Å². The number of esters is 1. The van der Waals surface area contributed by atoms with Crippen molar-refractivity contribution in [2.24, 2.45) is 5.16 Å². The van der Waals surface area contributed by atoms with E-state index in [0.29, 0.717) is 0 Å². The fraction of sp³-hybridized carbons (Fsp3) is 0.625. The molecule has 74 valence electrons. The smallest absolute Gasteiger partial charge is 0.364 e. The topological polar surface area (TPSA) is 76.0 Å². The van der Waals surface area contributed by atoms with Gasteiger partial charge in [-0.15, -0.1) is 0 Å². The number of rotatable bonds is 5. The Morgan fingerprint density at radius 2 is 2.08 bits per heavy atom. The molecule has 0 spiro atoms. The normalized spacial score (nSPS) is 11.1. The van der Waals surface area contributed by atoms with E-state index < -0.39 is 17.5 Å². The molecular formula is C8H13NO4. The second kappa shape index (κ2) is 6.16. The fourth-order valence-corrected chi connectivity index (χ4v) is 0.633. The lowest BCUT2D eigenvalue weighted by Crippen LogP contribution is -2.24. The van der Waals surface area contributed by atoms with E-state index in [9.17, 15) is 9.59 Å². The van der Waals surface area contributed by atoms with Crippen LogP contribution in [0.2, 0.25) is 0 Å². The Labute approximate surface area is 76.4 Å². The van der Waals surface area contributed by atoms with Gasteiger partial charge in [0.05, 0.1) is 6.61 Å². The van der Waals surface area contributed by atoms with Crippen LogP contribution in [0.15, 0.2) is 5.16 Å². The van der Waals surface area contributed by atoms with Crippen molar-refractivity contribution in [1.29, 1.82) is 0 Å². The highest BCUT2D eigenvalue weighted by atomic mass is 16.5. The third-order valence-corrected chi connectivity index (χ3v) is 1.36. The Kier molecular flexibility index (Phi) is 5.50. The quantitative estimate of drug-likeness (QED) is 0.172. The molecule has 0 aliphatic rings. The molecule has 0 unspecified atom stereocenters. The van der Waals surface area contributed by atoms with Gasteiger partial charge in [0.1, 0.15) is 0 Å². The highest BCUT2D eigenvalue weighted by Crippen LogP contribution is 1.91. The molecule has 0 bridgehead atoms. The molecule has 0 aliphatic carbocycles. The van der Waals surface area contributed by atoms with Gasteiger partial charge in [-0.3, -0.25) is 4.79 Å². The number of Topliss-reactive ketones (excluding diaryl/α,β-unsaturated/α-hetero) is 1. The minimum atomic E-state index is -0.872. The van der Waals surface area contributed by atoms with Crippen LogP contribution >= 0.6 is 0 Å². The molecule has 0 aliphatic heterocycles. The minimum absolute atomic E-state index is 0.238. The van der Waals surface area contributed by atoms with Gasteiger partial charge in [-0.05, 0) is 6.42 Å². The monoisotopic (exact) mass is 187 g/mol. The van der Waals surface area contributed by atoms with Gasteiger partial charge in [0.25, 0.3) is 0 Å². The average molecular weight is 187 g/mol. The predicted molar refractivity (Wildman–Crippen MR) is 45.8 cm³/mol.